The van der Waals surface area contributed by atoms with Crippen LogP contribution in [-0.2, 0) is 4.74 Å². The molecule has 2 heteroatoms. The van der Waals surface area contributed by atoms with Crippen molar-refractivity contribution in [2.75, 3.05) is 13.7 Å². The van der Waals surface area contributed by atoms with Crippen molar-refractivity contribution in [1.82, 2.24) is 0 Å². The molecule has 0 bridgehead atoms. The van der Waals surface area contributed by atoms with Gasteiger partial charge in [0.15, 0.2) is 0 Å². The second-order valence-corrected chi connectivity index (χ2v) is 2.55. The zero-order valence-electron chi connectivity index (χ0n) is 7.69. The summed E-state index contributed by atoms with van der Waals surface area (Å²) in [6.07, 6.45) is 3.89. The van der Waals surface area contributed by atoms with Crippen molar-refractivity contribution in [2.45, 2.75) is 0 Å². The molecule has 1 rings (SSSR count). The molecule has 69 valence electrons. The molecule has 0 aliphatic rings. The zero-order chi connectivity index (χ0) is 9.52. The van der Waals surface area contributed by atoms with Crippen molar-refractivity contribution in [1.29, 1.82) is 0 Å². The lowest BCUT2D eigenvalue weighted by Gasteiger charge is -1.98. The number of ether oxygens (including phenoxy) is 2. The quantitative estimate of drug-likeness (QED) is 0.703. The first-order valence-corrected chi connectivity index (χ1v) is 4.04. The standard InChI is InChI=1S/C11H13O2/c1-12-9-3-4-10-5-7-11(13-2)8-6-10/h3-8H,1,9H2,2H3/b4-3+. The van der Waals surface area contributed by atoms with E-state index in [-0.39, 0.29) is 0 Å². The van der Waals surface area contributed by atoms with Gasteiger partial charge in [0.25, 0.3) is 0 Å². The summed E-state index contributed by atoms with van der Waals surface area (Å²) in [4.78, 5) is 0. The monoisotopic (exact) mass is 177 g/mol. The van der Waals surface area contributed by atoms with Crippen LogP contribution in [0, 0.1) is 7.11 Å². The van der Waals surface area contributed by atoms with Crippen LogP contribution in [0.25, 0.3) is 6.08 Å². The Labute approximate surface area is 78.8 Å². The van der Waals surface area contributed by atoms with Crippen molar-refractivity contribution in [3.05, 3.63) is 43.0 Å². The molecule has 0 heterocycles. The van der Waals surface area contributed by atoms with E-state index in [2.05, 4.69) is 11.8 Å². The predicted molar refractivity (Wildman–Crippen MR) is 53.3 cm³/mol. The molecule has 0 N–H and O–H groups in total. The minimum absolute atomic E-state index is 0.534. The van der Waals surface area contributed by atoms with Gasteiger partial charge in [0.1, 0.15) is 5.75 Å². The Balaban J connectivity index is 2.58. The number of hydrogen-bond acceptors (Lipinski definition) is 2. The van der Waals surface area contributed by atoms with E-state index < -0.39 is 0 Å². The molecule has 0 saturated carbocycles. The van der Waals surface area contributed by atoms with Gasteiger partial charge in [0, 0.05) is 0 Å². The van der Waals surface area contributed by atoms with E-state index in [0.717, 1.165) is 11.3 Å². The molecule has 13 heavy (non-hydrogen) atoms. The van der Waals surface area contributed by atoms with E-state index in [1.165, 1.54) is 0 Å². The summed E-state index contributed by atoms with van der Waals surface area (Å²) in [7, 11) is 4.93. The van der Waals surface area contributed by atoms with Gasteiger partial charge in [-0.05, 0) is 17.7 Å². The first-order chi connectivity index (χ1) is 6.36. The van der Waals surface area contributed by atoms with Gasteiger partial charge < -0.3 is 9.47 Å². The molecule has 0 aliphatic carbocycles. The van der Waals surface area contributed by atoms with E-state index in [1.807, 2.05) is 36.4 Å². The molecule has 1 aromatic carbocycles. The lowest BCUT2D eigenvalue weighted by molar-refractivity contribution is 0.282. The maximum atomic E-state index is 5.04. The minimum Gasteiger partial charge on any atom is -0.497 e. The smallest absolute Gasteiger partial charge is 0.118 e. The second kappa shape index (κ2) is 5.38. The highest BCUT2D eigenvalue weighted by Crippen LogP contribution is 2.11. The number of hydrogen-bond donors (Lipinski definition) is 0. The van der Waals surface area contributed by atoms with Gasteiger partial charge in [-0.15, -0.1) is 0 Å². The highest BCUT2D eigenvalue weighted by molar-refractivity contribution is 5.50. The summed E-state index contributed by atoms with van der Waals surface area (Å²) in [5.74, 6) is 0.866. The molecular weight excluding hydrogens is 164 g/mol. The third-order valence-corrected chi connectivity index (χ3v) is 1.64. The average Bonchev–Trinajstić information content (AvgIpc) is 2.19. The third kappa shape index (κ3) is 3.30. The van der Waals surface area contributed by atoms with Crippen LogP contribution in [0.5, 0.6) is 5.75 Å². The van der Waals surface area contributed by atoms with Crippen molar-refractivity contribution in [3.63, 3.8) is 0 Å². The van der Waals surface area contributed by atoms with Crippen molar-refractivity contribution in [2.24, 2.45) is 0 Å². The Morgan fingerprint density at radius 2 is 2.00 bits per heavy atom. The summed E-state index contributed by atoms with van der Waals surface area (Å²) in [5, 5.41) is 0. The number of methoxy groups -OCH3 is 1. The van der Waals surface area contributed by atoms with Gasteiger partial charge in [-0.3, -0.25) is 0 Å². The Bertz CT molecular complexity index is 262. The summed E-state index contributed by atoms with van der Waals surface area (Å²) in [6, 6.07) is 7.81. The predicted octanol–water partition coefficient (Wildman–Crippen LogP) is 2.52. The number of rotatable bonds is 4. The molecule has 2 nitrogen and oxygen atoms in total. The van der Waals surface area contributed by atoms with Crippen molar-refractivity contribution < 1.29 is 9.47 Å². The molecule has 0 amide bonds. The van der Waals surface area contributed by atoms with Crippen LogP contribution < -0.4 is 4.74 Å². The summed E-state index contributed by atoms with van der Waals surface area (Å²) < 4.78 is 9.68. The van der Waals surface area contributed by atoms with Crippen LogP contribution in [0.1, 0.15) is 5.56 Å². The topological polar surface area (TPSA) is 18.5 Å². The Morgan fingerprint density at radius 3 is 2.54 bits per heavy atom. The maximum Gasteiger partial charge on any atom is 0.118 e. The van der Waals surface area contributed by atoms with Gasteiger partial charge in [0.05, 0.1) is 20.8 Å². The molecular formula is C11H13O2. The van der Waals surface area contributed by atoms with Gasteiger partial charge >= 0.3 is 0 Å². The molecule has 0 spiro atoms. The Hall–Kier alpha value is -1.28. The fourth-order valence-corrected chi connectivity index (χ4v) is 0.967. The Morgan fingerprint density at radius 1 is 1.31 bits per heavy atom. The SMILES string of the molecule is [CH2]OC/C=C/c1ccc(OC)cc1. The van der Waals surface area contributed by atoms with Crippen LogP contribution >= 0.6 is 0 Å². The molecule has 0 saturated heterocycles. The maximum absolute atomic E-state index is 5.04. The highest BCUT2D eigenvalue weighted by atomic mass is 16.5. The van der Waals surface area contributed by atoms with Crippen molar-refractivity contribution >= 4 is 6.08 Å². The van der Waals surface area contributed by atoms with Gasteiger partial charge in [-0.2, -0.15) is 0 Å². The van der Waals surface area contributed by atoms with Gasteiger partial charge in [-0.25, -0.2) is 0 Å². The average molecular weight is 177 g/mol. The van der Waals surface area contributed by atoms with E-state index in [0.29, 0.717) is 6.61 Å². The van der Waals surface area contributed by atoms with Gasteiger partial charge in [-0.1, -0.05) is 24.3 Å². The minimum atomic E-state index is 0.534. The van der Waals surface area contributed by atoms with Crippen LogP contribution in [0.4, 0.5) is 0 Å². The van der Waals surface area contributed by atoms with E-state index in [4.69, 9.17) is 4.74 Å². The normalized spacial score (nSPS) is 10.6. The first-order valence-electron chi connectivity index (χ1n) is 4.04. The number of benzene rings is 1. The molecule has 1 aromatic rings. The first kappa shape index (κ1) is 9.81. The van der Waals surface area contributed by atoms with Crippen LogP contribution in [-0.4, -0.2) is 13.7 Å². The fraction of sp³-hybridized carbons (Fsp3) is 0.182. The molecule has 0 aliphatic heterocycles. The molecule has 0 unspecified atom stereocenters. The molecule has 0 fully saturated rings. The molecule has 0 aromatic heterocycles. The largest absolute Gasteiger partial charge is 0.497 e. The lowest BCUT2D eigenvalue weighted by atomic mass is 10.2. The fourth-order valence-electron chi connectivity index (χ4n) is 0.967. The molecule has 1 radical (unpaired) electrons. The lowest BCUT2D eigenvalue weighted by Crippen LogP contribution is -1.82. The van der Waals surface area contributed by atoms with Gasteiger partial charge in [0.2, 0.25) is 0 Å². The Kier molecular flexibility index (Phi) is 4.06. The van der Waals surface area contributed by atoms with Crippen LogP contribution in [0.2, 0.25) is 0 Å². The van der Waals surface area contributed by atoms with Crippen molar-refractivity contribution in [3.8, 4) is 5.75 Å². The van der Waals surface area contributed by atoms with E-state index in [9.17, 15) is 0 Å². The summed E-state index contributed by atoms with van der Waals surface area (Å²) >= 11 is 0. The zero-order valence-corrected chi connectivity index (χ0v) is 7.69. The summed E-state index contributed by atoms with van der Waals surface area (Å²) in [6.45, 7) is 0.534. The van der Waals surface area contributed by atoms with Crippen LogP contribution in [0.3, 0.4) is 0 Å². The summed E-state index contributed by atoms with van der Waals surface area (Å²) in [5.41, 5.74) is 1.12. The highest BCUT2D eigenvalue weighted by Gasteiger charge is 1.88. The third-order valence-electron chi connectivity index (χ3n) is 1.64. The second-order valence-electron chi connectivity index (χ2n) is 2.55. The van der Waals surface area contributed by atoms with E-state index >= 15 is 0 Å². The van der Waals surface area contributed by atoms with Crippen LogP contribution in [0.15, 0.2) is 30.3 Å². The van der Waals surface area contributed by atoms with E-state index in [1.54, 1.807) is 7.11 Å². The molecule has 0 atom stereocenters.